The minimum absolute atomic E-state index is 0.0439. The molecule has 4 rings (SSSR count). The first kappa shape index (κ1) is 27.6. The minimum Gasteiger partial charge on any atom is -0.548 e. The van der Waals surface area contributed by atoms with Crippen LogP contribution in [0.3, 0.4) is 0 Å². The number of carboxylic acids is 1. The van der Waals surface area contributed by atoms with Gasteiger partial charge < -0.3 is 26.3 Å². The van der Waals surface area contributed by atoms with Crippen LogP contribution in [0.25, 0.3) is 0 Å². The van der Waals surface area contributed by atoms with Crippen molar-refractivity contribution in [1.82, 2.24) is 15.3 Å². The number of carboxylic acid groups (broad SMARTS) is 1. The third-order valence-corrected chi connectivity index (χ3v) is 6.62. The summed E-state index contributed by atoms with van der Waals surface area (Å²) in [6, 6.07) is 13.4. The Morgan fingerprint density at radius 2 is 1.92 bits per heavy atom. The molecule has 10 heteroatoms. The van der Waals surface area contributed by atoms with Gasteiger partial charge in [-0.25, -0.2) is 14.5 Å². The van der Waals surface area contributed by atoms with E-state index in [0.29, 0.717) is 29.3 Å². The largest absolute Gasteiger partial charge is 0.548 e. The molecular formula is C29H36N8O2. The Labute approximate surface area is 228 Å². The number of aromatic nitrogens is 2. The molecule has 2 aromatic carbocycles. The molecule has 3 aromatic rings. The molecule has 2 heterocycles. The minimum atomic E-state index is -1.22. The van der Waals surface area contributed by atoms with E-state index in [9.17, 15) is 9.90 Å². The van der Waals surface area contributed by atoms with Crippen LogP contribution in [0.4, 0.5) is 17.3 Å². The summed E-state index contributed by atoms with van der Waals surface area (Å²) < 4.78 is 2.27. The number of nitrogens with one attached hydrogen (secondary N) is 4. The van der Waals surface area contributed by atoms with Crippen LogP contribution in [0.1, 0.15) is 54.8 Å². The van der Waals surface area contributed by atoms with E-state index in [1.165, 1.54) is 6.42 Å². The molecule has 0 amide bonds. The van der Waals surface area contributed by atoms with Gasteiger partial charge in [-0.15, -0.1) is 0 Å². The summed E-state index contributed by atoms with van der Waals surface area (Å²) in [5.74, 6) is 0.484. The van der Waals surface area contributed by atoms with Crippen LogP contribution in [0.15, 0.2) is 60.9 Å². The van der Waals surface area contributed by atoms with Gasteiger partial charge in [0, 0.05) is 43.0 Å². The van der Waals surface area contributed by atoms with E-state index in [-0.39, 0.29) is 5.84 Å². The quantitative estimate of drug-likeness (QED) is 0.110. The second-order valence-corrected chi connectivity index (χ2v) is 9.68. The maximum absolute atomic E-state index is 12.3. The fourth-order valence-corrected chi connectivity index (χ4v) is 4.70. The van der Waals surface area contributed by atoms with Crippen LogP contribution >= 0.6 is 0 Å². The third kappa shape index (κ3) is 7.76. The highest BCUT2D eigenvalue weighted by Crippen LogP contribution is 2.26. The van der Waals surface area contributed by atoms with Crippen molar-refractivity contribution in [1.29, 1.82) is 5.41 Å². The Hall–Kier alpha value is -4.47. The second-order valence-electron chi connectivity index (χ2n) is 9.68. The number of amidine groups is 2. The fourth-order valence-electron chi connectivity index (χ4n) is 4.70. The van der Waals surface area contributed by atoms with E-state index < -0.39 is 12.0 Å². The highest BCUT2D eigenvalue weighted by atomic mass is 16.4. The van der Waals surface area contributed by atoms with E-state index in [0.717, 1.165) is 55.9 Å². The van der Waals surface area contributed by atoms with E-state index in [2.05, 4.69) is 36.6 Å². The van der Waals surface area contributed by atoms with Gasteiger partial charge in [0.1, 0.15) is 11.5 Å². The summed E-state index contributed by atoms with van der Waals surface area (Å²) in [5.41, 5.74) is 9.22. The van der Waals surface area contributed by atoms with Crippen LogP contribution in [-0.2, 0) is 4.79 Å². The van der Waals surface area contributed by atoms with Crippen molar-refractivity contribution in [3.63, 3.8) is 0 Å². The van der Waals surface area contributed by atoms with Crippen molar-refractivity contribution in [2.75, 3.05) is 30.3 Å². The summed E-state index contributed by atoms with van der Waals surface area (Å²) in [6.07, 6.45) is 8.59. The zero-order valence-corrected chi connectivity index (χ0v) is 22.2. The number of hydrogen-bond donors (Lipinski definition) is 5. The van der Waals surface area contributed by atoms with Crippen molar-refractivity contribution in [3.8, 4) is 0 Å². The van der Waals surface area contributed by atoms with E-state index >= 15 is 0 Å². The number of aliphatic carboxylic acids is 1. The first-order valence-corrected chi connectivity index (χ1v) is 13.3. The molecule has 0 radical (unpaired) electrons. The molecule has 1 aliphatic heterocycles. The molecule has 0 saturated carbocycles. The number of carbonyl (C=O) groups is 1. The lowest BCUT2D eigenvalue weighted by Crippen LogP contribution is -2.35. The highest BCUT2D eigenvalue weighted by molar-refractivity contribution is 5.95. The highest BCUT2D eigenvalue weighted by Gasteiger charge is 2.21. The van der Waals surface area contributed by atoms with E-state index in [4.69, 9.17) is 11.1 Å². The number of aryl methyl sites for hydroxylation is 1. The van der Waals surface area contributed by atoms with Gasteiger partial charge in [-0.3, -0.25) is 10.7 Å². The molecule has 39 heavy (non-hydrogen) atoms. The van der Waals surface area contributed by atoms with Gasteiger partial charge in [0.15, 0.2) is 0 Å². The fraction of sp³-hybridized carbons (Fsp3) is 0.345. The summed E-state index contributed by atoms with van der Waals surface area (Å²) in [4.78, 5) is 20.7. The molecule has 0 aliphatic carbocycles. The van der Waals surface area contributed by atoms with Crippen molar-refractivity contribution >= 4 is 35.0 Å². The molecule has 1 saturated heterocycles. The topological polar surface area (TPSA) is 155 Å². The van der Waals surface area contributed by atoms with Gasteiger partial charge >= 0.3 is 0 Å². The lowest BCUT2D eigenvalue weighted by atomic mass is 10.0. The monoisotopic (exact) mass is 528 g/mol. The first-order valence-electron chi connectivity index (χ1n) is 13.3. The maximum atomic E-state index is 12.3. The molecule has 1 atom stereocenters. The van der Waals surface area contributed by atoms with Crippen LogP contribution in [0, 0.1) is 12.3 Å². The van der Waals surface area contributed by atoms with Gasteiger partial charge in [-0.1, -0.05) is 6.07 Å². The predicted octanol–water partition coefficient (Wildman–Crippen LogP) is 2.68. The zero-order valence-electron chi connectivity index (χ0n) is 22.2. The molecule has 10 nitrogen and oxygen atoms in total. The van der Waals surface area contributed by atoms with Crippen LogP contribution in [-0.4, -0.2) is 51.8 Å². The number of nitrogen functional groups attached to an aromatic ring is 1. The normalized spacial score (nSPS) is 15.4. The predicted molar refractivity (Wildman–Crippen MR) is 151 cm³/mol. The Balaban J connectivity index is 1.60. The SMILES string of the molecule is Cc1cc(C(Nc2ccc(C(=N)N)cc2)C(=O)[O-])cc([N+](CCCNc2ncccn2)=C2CCCCCN2)c1. The van der Waals surface area contributed by atoms with E-state index in [1.807, 2.05) is 19.1 Å². The summed E-state index contributed by atoms with van der Waals surface area (Å²) in [6.45, 7) is 4.33. The molecule has 1 aliphatic rings. The number of hydrogen-bond acceptors (Lipinski definition) is 7. The Morgan fingerprint density at radius 3 is 2.64 bits per heavy atom. The van der Waals surface area contributed by atoms with Crippen LogP contribution in [0.2, 0.25) is 0 Å². The van der Waals surface area contributed by atoms with Crippen LogP contribution < -0.4 is 26.8 Å². The summed E-state index contributed by atoms with van der Waals surface area (Å²) >= 11 is 0. The third-order valence-electron chi connectivity index (χ3n) is 6.62. The van der Waals surface area contributed by atoms with Gasteiger partial charge in [0.05, 0.1) is 25.1 Å². The maximum Gasteiger partial charge on any atom is 0.249 e. The number of benzene rings is 2. The number of carbonyl (C=O) groups excluding carboxylic acids is 1. The average Bonchev–Trinajstić information content (AvgIpc) is 3.21. The van der Waals surface area contributed by atoms with Gasteiger partial charge in [0.2, 0.25) is 11.8 Å². The van der Waals surface area contributed by atoms with Gasteiger partial charge in [-0.2, -0.15) is 0 Å². The first-order chi connectivity index (χ1) is 18.9. The van der Waals surface area contributed by atoms with Gasteiger partial charge in [0.25, 0.3) is 0 Å². The van der Waals surface area contributed by atoms with Crippen molar-refractivity contribution in [3.05, 3.63) is 77.6 Å². The van der Waals surface area contributed by atoms with Crippen molar-refractivity contribution < 1.29 is 14.5 Å². The van der Waals surface area contributed by atoms with Crippen molar-refractivity contribution in [2.45, 2.75) is 45.1 Å². The van der Waals surface area contributed by atoms with E-state index in [1.54, 1.807) is 42.7 Å². The number of rotatable bonds is 11. The molecule has 204 valence electrons. The Morgan fingerprint density at radius 1 is 1.15 bits per heavy atom. The zero-order chi connectivity index (χ0) is 27.6. The molecule has 1 aromatic heterocycles. The lowest BCUT2D eigenvalue weighted by molar-refractivity contribution is -0.444. The second kappa shape index (κ2) is 13.4. The number of nitrogens with zero attached hydrogens (tertiary/aromatic N) is 3. The smallest absolute Gasteiger partial charge is 0.249 e. The molecule has 0 bridgehead atoms. The summed E-state index contributed by atoms with van der Waals surface area (Å²) in [5, 5.41) is 29.8. The standard InChI is InChI=1S/C29H36N8O2/c1-20-17-22(26(28(38)39)36-23-10-8-21(9-11-23)27(30)31)19-24(18-20)37(25-7-3-2-4-12-32-25)16-6-15-35-29-33-13-5-14-34-29/h5,8-11,13-14,17-19,26H,2-4,6-7,12,15-16H2,1H3,(H6,30,31,33,34,35,36,38,39). The summed E-state index contributed by atoms with van der Waals surface area (Å²) in [7, 11) is 0. The van der Waals surface area contributed by atoms with Crippen LogP contribution in [0.5, 0.6) is 0 Å². The Kier molecular flexibility index (Phi) is 9.44. The number of nitrogens with two attached hydrogens (primary N) is 1. The van der Waals surface area contributed by atoms with Crippen molar-refractivity contribution in [2.24, 2.45) is 5.73 Å². The Bertz CT molecular complexity index is 1300. The lowest BCUT2D eigenvalue weighted by Gasteiger charge is -2.23. The molecular weight excluding hydrogens is 492 g/mol. The molecule has 0 spiro atoms. The van der Waals surface area contributed by atoms with Gasteiger partial charge in [-0.05, 0) is 79.8 Å². The number of anilines is 2. The molecule has 1 unspecified atom stereocenters. The molecule has 6 N–H and O–H groups in total. The molecule has 1 fully saturated rings. The average molecular weight is 529 g/mol.